The van der Waals surface area contributed by atoms with Gasteiger partial charge in [-0.05, 0) is 29.0 Å². The van der Waals surface area contributed by atoms with Crippen LogP contribution >= 0.6 is 35.3 Å². The number of likely N-dealkylation sites (N-methyl/N-ethyl adjacent to an activating group) is 1. The summed E-state index contributed by atoms with van der Waals surface area (Å²) in [7, 11) is 3.47. The minimum absolute atomic E-state index is 0. The van der Waals surface area contributed by atoms with E-state index in [9.17, 15) is 4.79 Å². The summed E-state index contributed by atoms with van der Waals surface area (Å²) in [5, 5.41) is 9.88. The van der Waals surface area contributed by atoms with Crippen LogP contribution in [0.2, 0.25) is 0 Å². The Morgan fingerprint density at radius 1 is 1.18 bits per heavy atom. The molecule has 3 aromatic rings. The number of rotatable bonds is 7. The minimum Gasteiger partial charge on any atom is -0.358 e. The molecule has 0 bridgehead atoms. The highest BCUT2D eigenvalue weighted by molar-refractivity contribution is 14.0. The van der Waals surface area contributed by atoms with Crippen LogP contribution in [-0.2, 0) is 17.8 Å². The first kappa shape index (κ1) is 22.2. The molecule has 0 radical (unpaired) electrons. The number of hydrogen-bond acceptors (Lipinski definition) is 3. The number of amides is 1. The summed E-state index contributed by atoms with van der Waals surface area (Å²) in [4.78, 5) is 22.4. The highest BCUT2D eigenvalue weighted by Crippen LogP contribution is 2.14. The molecule has 6 nitrogen and oxygen atoms in total. The van der Waals surface area contributed by atoms with Crippen LogP contribution in [0.25, 0.3) is 10.9 Å². The smallest absolute Gasteiger partial charge is 0.243 e. The van der Waals surface area contributed by atoms with E-state index in [1.807, 2.05) is 23.6 Å². The van der Waals surface area contributed by atoms with Crippen molar-refractivity contribution in [1.82, 2.24) is 20.5 Å². The highest BCUT2D eigenvalue weighted by Gasteiger charge is 2.06. The zero-order chi connectivity index (χ0) is 19.1. The molecule has 0 unspecified atom stereocenters. The van der Waals surface area contributed by atoms with Gasteiger partial charge in [-0.1, -0.05) is 24.3 Å². The number of nitrogens with one attached hydrogen (secondary N) is 3. The third-order valence-corrected chi connectivity index (χ3v) is 5.03. The van der Waals surface area contributed by atoms with E-state index in [1.54, 1.807) is 30.3 Å². The number of guanidine groups is 1. The second-order valence-corrected chi connectivity index (χ2v) is 7.48. The van der Waals surface area contributed by atoms with Gasteiger partial charge in [0.05, 0.1) is 6.54 Å². The summed E-state index contributed by atoms with van der Waals surface area (Å²) in [6.45, 7) is 1.53. The lowest BCUT2D eigenvalue weighted by atomic mass is 10.2. The molecule has 0 aliphatic rings. The van der Waals surface area contributed by atoms with Crippen molar-refractivity contribution in [3.05, 3.63) is 58.4 Å². The number of carbonyl (C=O) groups is 1. The molecule has 1 amide bonds. The molecule has 0 atom stereocenters. The van der Waals surface area contributed by atoms with Crippen LogP contribution in [0.4, 0.5) is 0 Å². The maximum Gasteiger partial charge on any atom is 0.243 e. The molecule has 8 heteroatoms. The number of aromatic nitrogens is 1. The van der Waals surface area contributed by atoms with Gasteiger partial charge in [-0.25, -0.2) is 4.99 Å². The van der Waals surface area contributed by atoms with Gasteiger partial charge in [-0.15, -0.1) is 35.3 Å². The second kappa shape index (κ2) is 11.1. The molecule has 0 saturated heterocycles. The largest absolute Gasteiger partial charge is 0.358 e. The lowest BCUT2D eigenvalue weighted by Gasteiger charge is -2.13. The van der Waals surface area contributed by atoms with Gasteiger partial charge >= 0.3 is 0 Å². The molecule has 2 aromatic heterocycles. The van der Waals surface area contributed by atoms with E-state index in [0.717, 1.165) is 18.5 Å². The molecular formula is C20H26IN5OS. The van der Waals surface area contributed by atoms with E-state index in [4.69, 9.17) is 0 Å². The molecule has 0 saturated carbocycles. The summed E-state index contributed by atoms with van der Waals surface area (Å²) >= 11 is 1.69. The fourth-order valence-electron chi connectivity index (χ4n) is 2.63. The molecule has 28 heavy (non-hydrogen) atoms. The van der Waals surface area contributed by atoms with Crippen molar-refractivity contribution < 1.29 is 4.79 Å². The molecule has 2 heterocycles. The molecular weight excluding hydrogens is 485 g/mol. The van der Waals surface area contributed by atoms with Crippen LogP contribution < -0.4 is 10.6 Å². The van der Waals surface area contributed by atoms with Crippen LogP contribution in [0.1, 0.15) is 10.6 Å². The number of benzene rings is 1. The Bertz CT molecular complexity index is 871. The number of H-pyrrole nitrogens is 1. The van der Waals surface area contributed by atoms with Crippen molar-refractivity contribution in [2.24, 2.45) is 4.99 Å². The number of hydrogen-bond donors (Lipinski definition) is 3. The number of halogens is 1. The standard InChI is InChI=1S/C20H25N5OS.HI/c1-25(2)19(26)14-23-20(22-13-17-7-5-11-27-17)21-10-9-16-12-15-6-3-4-8-18(15)24-16;/h3-8,11-12,24H,9-10,13-14H2,1-2H3,(H2,21,22,23);1H. The number of aliphatic imine (C=N–C) groups is 1. The Labute approximate surface area is 186 Å². The third-order valence-electron chi connectivity index (χ3n) is 4.15. The molecule has 0 aliphatic carbocycles. The SMILES string of the molecule is CN(C)C(=O)CN=C(NCCc1cc2ccccc2[nH]1)NCc1cccs1.I. The quantitative estimate of drug-likeness (QED) is 0.259. The summed E-state index contributed by atoms with van der Waals surface area (Å²) in [6, 6.07) is 14.5. The van der Waals surface area contributed by atoms with E-state index in [1.165, 1.54) is 16.0 Å². The van der Waals surface area contributed by atoms with Gasteiger partial charge in [0, 0.05) is 43.1 Å². The van der Waals surface area contributed by atoms with Gasteiger partial charge in [-0.2, -0.15) is 0 Å². The Hall–Kier alpha value is -2.07. The maximum absolute atomic E-state index is 11.8. The van der Waals surface area contributed by atoms with Gasteiger partial charge in [0.15, 0.2) is 5.96 Å². The summed E-state index contributed by atoms with van der Waals surface area (Å²) in [5.74, 6) is 0.623. The average molecular weight is 511 g/mol. The van der Waals surface area contributed by atoms with Gasteiger partial charge in [0.25, 0.3) is 0 Å². The fourth-order valence-corrected chi connectivity index (χ4v) is 3.27. The molecule has 0 spiro atoms. The lowest BCUT2D eigenvalue weighted by Crippen LogP contribution is -2.39. The Morgan fingerprint density at radius 2 is 2.00 bits per heavy atom. The maximum atomic E-state index is 11.8. The molecule has 3 rings (SSSR count). The van der Waals surface area contributed by atoms with Gasteiger partial charge in [0.1, 0.15) is 6.54 Å². The van der Waals surface area contributed by atoms with E-state index < -0.39 is 0 Å². The fraction of sp³-hybridized carbons (Fsp3) is 0.300. The highest BCUT2D eigenvalue weighted by atomic mass is 127. The molecule has 150 valence electrons. The Balaban J connectivity index is 0.00000280. The predicted octanol–water partition coefficient (Wildman–Crippen LogP) is 3.21. The van der Waals surface area contributed by atoms with Crippen LogP contribution in [0, 0.1) is 0 Å². The topological polar surface area (TPSA) is 72.5 Å². The van der Waals surface area contributed by atoms with Gasteiger partial charge in [0.2, 0.25) is 5.91 Å². The first-order valence-corrected chi connectivity index (χ1v) is 9.81. The normalized spacial score (nSPS) is 11.1. The monoisotopic (exact) mass is 511 g/mol. The zero-order valence-electron chi connectivity index (χ0n) is 16.1. The average Bonchev–Trinajstić information content (AvgIpc) is 3.32. The van der Waals surface area contributed by atoms with Crippen LogP contribution in [0.15, 0.2) is 52.8 Å². The predicted molar refractivity (Wildman–Crippen MR) is 128 cm³/mol. The van der Waals surface area contributed by atoms with Gasteiger partial charge in [-0.3, -0.25) is 4.79 Å². The lowest BCUT2D eigenvalue weighted by molar-refractivity contribution is -0.127. The van der Waals surface area contributed by atoms with E-state index >= 15 is 0 Å². The summed E-state index contributed by atoms with van der Waals surface area (Å²) in [6.07, 6.45) is 0.843. The number of aromatic amines is 1. The first-order valence-electron chi connectivity index (χ1n) is 8.93. The summed E-state index contributed by atoms with van der Waals surface area (Å²) < 4.78 is 0. The zero-order valence-corrected chi connectivity index (χ0v) is 19.2. The van der Waals surface area contributed by atoms with E-state index in [2.05, 4.69) is 44.9 Å². The number of para-hydroxylation sites is 1. The minimum atomic E-state index is -0.0251. The Morgan fingerprint density at radius 3 is 2.71 bits per heavy atom. The third kappa shape index (κ3) is 6.52. The van der Waals surface area contributed by atoms with Crippen LogP contribution in [-0.4, -0.2) is 48.9 Å². The van der Waals surface area contributed by atoms with E-state index in [0.29, 0.717) is 12.5 Å². The van der Waals surface area contributed by atoms with Gasteiger partial charge < -0.3 is 20.5 Å². The summed E-state index contributed by atoms with van der Waals surface area (Å²) in [5.41, 5.74) is 2.32. The van der Waals surface area contributed by atoms with Crippen molar-refractivity contribution in [3.8, 4) is 0 Å². The molecule has 3 N–H and O–H groups in total. The van der Waals surface area contributed by atoms with Crippen LogP contribution in [0.3, 0.4) is 0 Å². The molecule has 1 aromatic carbocycles. The number of fused-ring (bicyclic) bond motifs is 1. The molecule has 0 fully saturated rings. The van der Waals surface area contributed by atoms with E-state index in [-0.39, 0.29) is 36.4 Å². The van der Waals surface area contributed by atoms with Crippen molar-refractivity contribution >= 4 is 58.1 Å². The van der Waals surface area contributed by atoms with Crippen molar-refractivity contribution in [2.45, 2.75) is 13.0 Å². The number of nitrogens with zero attached hydrogens (tertiary/aromatic N) is 2. The number of thiophene rings is 1. The second-order valence-electron chi connectivity index (χ2n) is 6.44. The molecule has 0 aliphatic heterocycles. The van der Waals surface area contributed by atoms with Crippen molar-refractivity contribution in [2.75, 3.05) is 27.2 Å². The van der Waals surface area contributed by atoms with Crippen LogP contribution in [0.5, 0.6) is 0 Å². The van der Waals surface area contributed by atoms with Crippen molar-refractivity contribution in [3.63, 3.8) is 0 Å². The Kier molecular flexibility index (Phi) is 8.78. The van der Waals surface area contributed by atoms with Crippen molar-refractivity contribution in [1.29, 1.82) is 0 Å². The first-order chi connectivity index (χ1) is 13.1. The number of carbonyl (C=O) groups excluding carboxylic acids is 1.